The lowest BCUT2D eigenvalue weighted by atomic mass is 10.1. The minimum Gasteiger partial charge on any atom is -0.334 e. The van der Waals surface area contributed by atoms with Crippen molar-refractivity contribution >= 4 is 40.0 Å². The Balaban J connectivity index is 1.72. The molecule has 1 heterocycles. The van der Waals surface area contributed by atoms with Gasteiger partial charge in [-0.3, -0.25) is 10.1 Å². The number of nitrogens with zero attached hydrogens (tertiary/aromatic N) is 2. The van der Waals surface area contributed by atoms with Gasteiger partial charge in [-0.15, -0.1) is 10.2 Å². The van der Waals surface area contributed by atoms with E-state index in [1.165, 1.54) is 11.3 Å². The fourth-order valence-corrected chi connectivity index (χ4v) is 3.41. The fourth-order valence-electron chi connectivity index (χ4n) is 2.26. The van der Waals surface area contributed by atoms with Crippen LogP contribution in [-0.2, 0) is 11.3 Å². The van der Waals surface area contributed by atoms with Crippen LogP contribution in [0.2, 0.25) is 5.02 Å². The molecule has 0 saturated carbocycles. The molecule has 3 amide bonds. The number of amides is 3. The number of nitrogens with one attached hydrogen (secondary N) is 3. The van der Waals surface area contributed by atoms with Gasteiger partial charge in [-0.2, -0.15) is 0 Å². The predicted molar refractivity (Wildman–Crippen MR) is 104 cm³/mol. The maximum Gasteiger partial charge on any atom is 0.315 e. The van der Waals surface area contributed by atoms with Gasteiger partial charge in [0.15, 0.2) is 0 Å². The quantitative estimate of drug-likeness (QED) is 0.637. The van der Waals surface area contributed by atoms with Gasteiger partial charge in [-0.25, -0.2) is 4.79 Å². The van der Waals surface area contributed by atoms with E-state index < -0.39 is 6.03 Å². The summed E-state index contributed by atoms with van der Waals surface area (Å²) in [5.41, 5.74) is 0.914. The summed E-state index contributed by atoms with van der Waals surface area (Å²) >= 11 is 7.18. The lowest BCUT2D eigenvalue weighted by Gasteiger charge is -2.07. The standard InChI is InChI=1S/C17H22ClN5O2S/c1-3-12(4-2)15-22-23-17(26-15)21-14(24)10-20-16(25)19-9-11-5-7-13(18)8-6-11/h5-8,12H,3-4,9-10H2,1-2H3,(H2,19,20,25)(H,21,23,24). The van der Waals surface area contributed by atoms with Crippen LogP contribution in [0.25, 0.3) is 0 Å². The molecule has 140 valence electrons. The van der Waals surface area contributed by atoms with E-state index in [9.17, 15) is 9.59 Å². The highest BCUT2D eigenvalue weighted by Gasteiger charge is 2.14. The number of benzene rings is 1. The van der Waals surface area contributed by atoms with E-state index in [1.54, 1.807) is 12.1 Å². The summed E-state index contributed by atoms with van der Waals surface area (Å²) in [6, 6.07) is 6.72. The molecule has 0 radical (unpaired) electrons. The molecule has 26 heavy (non-hydrogen) atoms. The van der Waals surface area contributed by atoms with Crippen molar-refractivity contribution in [2.75, 3.05) is 11.9 Å². The zero-order valence-electron chi connectivity index (χ0n) is 14.7. The Labute approximate surface area is 161 Å². The number of anilines is 1. The third kappa shape index (κ3) is 6.27. The number of aromatic nitrogens is 2. The molecule has 1 aromatic heterocycles. The molecule has 0 aliphatic rings. The van der Waals surface area contributed by atoms with Gasteiger partial charge in [-0.1, -0.05) is 48.9 Å². The maximum absolute atomic E-state index is 11.9. The van der Waals surface area contributed by atoms with Crippen LogP contribution in [0.5, 0.6) is 0 Å². The minimum atomic E-state index is -0.426. The molecule has 0 bridgehead atoms. The molecule has 0 atom stereocenters. The summed E-state index contributed by atoms with van der Waals surface area (Å²) in [4.78, 5) is 23.7. The highest BCUT2D eigenvalue weighted by Crippen LogP contribution is 2.27. The molecule has 7 nitrogen and oxygen atoms in total. The van der Waals surface area contributed by atoms with Crippen LogP contribution in [0.3, 0.4) is 0 Å². The van der Waals surface area contributed by atoms with Crippen molar-refractivity contribution in [1.82, 2.24) is 20.8 Å². The first kappa shape index (κ1) is 20.1. The van der Waals surface area contributed by atoms with E-state index >= 15 is 0 Å². The highest BCUT2D eigenvalue weighted by molar-refractivity contribution is 7.15. The minimum absolute atomic E-state index is 0.146. The van der Waals surface area contributed by atoms with Crippen molar-refractivity contribution in [3.63, 3.8) is 0 Å². The van der Waals surface area contributed by atoms with Gasteiger partial charge < -0.3 is 10.6 Å². The van der Waals surface area contributed by atoms with Crippen molar-refractivity contribution in [3.05, 3.63) is 39.9 Å². The highest BCUT2D eigenvalue weighted by atomic mass is 35.5. The third-order valence-corrected chi connectivity index (χ3v) is 5.05. The first-order valence-electron chi connectivity index (χ1n) is 8.41. The molecule has 2 rings (SSSR count). The Kier molecular flexibility index (Phi) is 7.80. The molecule has 0 saturated heterocycles. The number of rotatable bonds is 8. The van der Waals surface area contributed by atoms with Crippen LogP contribution >= 0.6 is 22.9 Å². The number of hydrogen-bond acceptors (Lipinski definition) is 5. The second-order valence-electron chi connectivity index (χ2n) is 5.67. The fraction of sp³-hybridized carbons (Fsp3) is 0.412. The zero-order chi connectivity index (χ0) is 18.9. The average molecular weight is 396 g/mol. The zero-order valence-corrected chi connectivity index (χ0v) is 16.3. The van der Waals surface area contributed by atoms with Crippen molar-refractivity contribution in [3.8, 4) is 0 Å². The van der Waals surface area contributed by atoms with Crippen LogP contribution in [0.15, 0.2) is 24.3 Å². The molecule has 3 N–H and O–H groups in total. The van der Waals surface area contributed by atoms with E-state index in [0.29, 0.717) is 22.6 Å². The summed E-state index contributed by atoms with van der Waals surface area (Å²) in [6.45, 7) is 4.40. The maximum atomic E-state index is 11.9. The van der Waals surface area contributed by atoms with Crippen LogP contribution in [0, 0.1) is 0 Å². The molecule has 2 aromatic rings. The van der Waals surface area contributed by atoms with Crippen LogP contribution in [-0.4, -0.2) is 28.7 Å². The number of carbonyl (C=O) groups excluding carboxylic acids is 2. The van der Waals surface area contributed by atoms with Gasteiger partial charge in [0.1, 0.15) is 5.01 Å². The van der Waals surface area contributed by atoms with Crippen LogP contribution in [0.1, 0.15) is 43.2 Å². The Morgan fingerprint density at radius 2 is 1.81 bits per heavy atom. The molecule has 9 heteroatoms. The Morgan fingerprint density at radius 3 is 2.46 bits per heavy atom. The predicted octanol–water partition coefficient (Wildman–Crippen LogP) is 3.53. The second-order valence-corrected chi connectivity index (χ2v) is 7.12. The van der Waals surface area contributed by atoms with Gasteiger partial charge >= 0.3 is 6.03 Å². The third-order valence-electron chi connectivity index (χ3n) is 3.80. The molecule has 0 fully saturated rings. The monoisotopic (exact) mass is 395 g/mol. The molecule has 0 aliphatic heterocycles. The number of halogens is 1. The topological polar surface area (TPSA) is 96.0 Å². The summed E-state index contributed by atoms with van der Waals surface area (Å²) in [7, 11) is 0. The summed E-state index contributed by atoms with van der Waals surface area (Å²) in [5, 5.41) is 17.9. The number of carbonyl (C=O) groups is 2. The molecule has 1 aromatic carbocycles. The normalized spacial score (nSPS) is 10.6. The van der Waals surface area contributed by atoms with Crippen molar-refractivity contribution in [2.24, 2.45) is 0 Å². The first-order valence-corrected chi connectivity index (χ1v) is 9.60. The van der Waals surface area contributed by atoms with Gasteiger partial charge in [0.2, 0.25) is 11.0 Å². The van der Waals surface area contributed by atoms with Crippen molar-refractivity contribution < 1.29 is 9.59 Å². The van der Waals surface area contributed by atoms with Gasteiger partial charge in [0, 0.05) is 17.5 Å². The van der Waals surface area contributed by atoms with E-state index in [2.05, 4.69) is 40.0 Å². The smallest absolute Gasteiger partial charge is 0.315 e. The number of urea groups is 1. The number of hydrogen-bond donors (Lipinski definition) is 3. The van der Waals surface area contributed by atoms with E-state index in [1.807, 2.05) is 12.1 Å². The van der Waals surface area contributed by atoms with Crippen molar-refractivity contribution in [2.45, 2.75) is 39.2 Å². The summed E-state index contributed by atoms with van der Waals surface area (Å²) in [5.74, 6) is 0.00816. The Hall–Kier alpha value is -2.19. The molecule has 0 spiro atoms. The SMILES string of the molecule is CCC(CC)c1nnc(NC(=O)CNC(=O)NCc2ccc(Cl)cc2)s1. The van der Waals surface area contributed by atoms with E-state index in [0.717, 1.165) is 23.4 Å². The molecule has 0 aliphatic carbocycles. The lowest BCUT2D eigenvalue weighted by molar-refractivity contribution is -0.115. The average Bonchev–Trinajstić information content (AvgIpc) is 3.08. The Bertz CT molecular complexity index is 731. The molecular weight excluding hydrogens is 374 g/mol. The lowest BCUT2D eigenvalue weighted by Crippen LogP contribution is -2.39. The second kappa shape index (κ2) is 10.1. The molecular formula is C17H22ClN5O2S. The van der Waals surface area contributed by atoms with E-state index in [4.69, 9.17) is 11.6 Å². The van der Waals surface area contributed by atoms with Gasteiger partial charge in [-0.05, 0) is 30.5 Å². The first-order chi connectivity index (χ1) is 12.5. The van der Waals surface area contributed by atoms with Gasteiger partial charge in [0.25, 0.3) is 0 Å². The van der Waals surface area contributed by atoms with Gasteiger partial charge in [0.05, 0.1) is 6.54 Å². The van der Waals surface area contributed by atoms with E-state index in [-0.39, 0.29) is 12.5 Å². The Morgan fingerprint density at radius 1 is 1.12 bits per heavy atom. The molecule has 0 unspecified atom stereocenters. The summed E-state index contributed by atoms with van der Waals surface area (Å²) < 4.78 is 0. The van der Waals surface area contributed by atoms with Crippen molar-refractivity contribution in [1.29, 1.82) is 0 Å². The van der Waals surface area contributed by atoms with Crippen LogP contribution in [0.4, 0.5) is 9.93 Å². The largest absolute Gasteiger partial charge is 0.334 e. The summed E-state index contributed by atoms with van der Waals surface area (Å²) in [6.07, 6.45) is 1.96. The van der Waals surface area contributed by atoms with Crippen LogP contribution < -0.4 is 16.0 Å².